The summed E-state index contributed by atoms with van der Waals surface area (Å²) in [4.78, 5) is 23.6. The quantitative estimate of drug-likeness (QED) is 0.311. The molecule has 33 heavy (non-hydrogen) atoms. The molecule has 1 heterocycles. The van der Waals surface area contributed by atoms with E-state index >= 15 is 0 Å². The van der Waals surface area contributed by atoms with E-state index in [1.54, 1.807) is 0 Å². The van der Waals surface area contributed by atoms with Crippen molar-refractivity contribution in [2.24, 2.45) is 0 Å². The van der Waals surface area contributed by atoms with Gasteiger partial charge in [0.15, 0.2) is 0 Å². The van der Waals surface area contributed by atoms with E-state index in [0.29, 0.717) is 6.61 Å². The fourth-order valence-electron chi connectivity index (χ4n) is 2.70. The van der Waals surface area contributed by atoms with Crippen LogP contribution in [0.3, 0.4) is 0 Å². The number of carbonyl (C=O) groups is 2. The second-order valence-electron chi connectivity index (χ2n) is 8.15. The Balaban J connectivity index is 0.000000569. The van der Waals surface area contributed by atoms with E-state index in [-0.39, 0.29) is 10.7 Å². The number of imidazole rings is 1. The zero-order valence-electron chi connectivity index (χ0n) is 18.6. The highest BCUT2D eigenvalue weighted by Crippen LogP contribution is 2.28. The number of aliphatic carboxylic acids is 2. The van der Waals surface area contributed by atoms with Crippen LogP contribution in [0.4, 0.5) is 0 Å². The molecule has 1 atom stereocenters. The molecule has 3 rings (SSSR count). The lowest BCUT2D eigenvalue weighted by Crippen LogP contribution is -2.20. The van der Waals surface area contributed by atoms with E-state index in [2.05, 4.69) is 94.8 Å². The fraction of sp³-hybridized carbons (Fsp3) is 0.292. The summed E-state index contributed by atoms with van der Waals surface area (Å²) in [5.74, 6) is -2.74. The molecule has 2 N–H and O–H groups in total. The van der Waals surface area contributed by atoms with Crippen LogP contribution in [-0.2, 0) is 21.5 Å². The number of carboxylic acids is 2. The molecule has 0 bridgehead atoms. The highest BCUT2D eigenvalue weighted by molar-refractivity contribution is 9.10. The molecule has 1 aromatic heterocycles. The molecule has 0 aliphatic heterocycles. The van der Waals surface area contributed by atoms with Gasteiger partial charge in [-0.1, -0.05) is 48.8 Å². The summed E-state index contributed by atoms with van der Waals surface area (Å²) in [5, 5.41) is 15.1. The van der Waals surface area contributed by atoms with Crippen molar-refractivity contribution < 1.29 is 24.5 Å². The number of halogens is 1. The van der Waals surface area contributed by atoms with Gasteiger partial charge in [-0.15, -0.1) is 11.8 Å². The second-order valence-corrected chi connectivity index (χ2v) is 10.4. The van der Waals surface area contributed by atoms with Crippen LogP contribution in [-0.4, -0.2) is 43.6 Å². The minimum atomic E-state index is -1.82. The fourth-order valence-corrected chi connectivity index (χ4v) is 4.03. The van der Waals surface area contributed by atoms with Crippen LogP contribution in [0.2, 0.25) is 0 Å². The number of thioether (sulfide) groups is 1. The molecule has 176 valence electrons. The molecular weight excluding hydrogens is 508 g/mol. The lowest BCUT2D eigenvalue weighted by atomic mass is 9.87. The van der Waals surface area contributed by atoms with Gasteiger partial charge in [0.05, 0.1) is 11.6 Å². The first-order chi connectivity index (χ1) is 15.5. The highest BCUT2D eigenvalue weighted by atomic mass is 79.9. The smallest absolute Gasteiger partial charge is 0.414 e. The Hall–Kier alpha value is -2.78. The summed E-state index contributed by atoms with van der Waals surface area (Å²) >= 11 is 5.32. The minimum absolute atomic E-state index is 0.153. The maximum absolute atomic E-state index is 9.10. The molecule has 0 aliphatic rings. The van der Waals surface area contributed by atoms with Gasteiger partial charge < -0.3 is 19.5 Å². The number of carboxylic acid groups (broad SMARTS) is 2. The molecular formula is C24H27BrN2O5S. The molecule has 2 aromatic carbocycles. The van der Waals surface area contributed by atoms with Crippen molar-refractivity contribution in [1.29, 1.82) is 0 Å². The highest BCUT2D eigenvalue weighted by Gasteiger charge is 2.15. The number of ether oxygens (including phenoxy) is 1. The Morgan fingerprint density at radius 2 is 1.67 bits per heavy atom. The molecule has 0 aliphatic carbocycles. The van der Waals surface area contributed by atoms with Gasteiger partial charge in [0, 0.05) is 28.3 Å². The first kappa shape index (κ1) is 26.5. The van der Waals surface area contributed by atoms with Gasteiger partial charge in [-0.05, 0) is 47.4 Å². The van der Waals surface area contributed by atoms with Crippen molar-refractivity contribution in [2.75, 3.05) is 6.61 Å². The van der Waals surface area contributed by atoms with Crippen molar-refractivity contribution in [3.8, 4) is 5.75 Å². The summed E-state index contributed by atoms with van der Waals surface area (Å²) in [6.45, 7) is 8.14. The Bertz CT molecular complexity index is 1000. The number of benzene rings is 2. The van der Waals surface area contributed by atoms with Crippen molar-refractivity contribution in [3.05, 3.63) is 77.3 Å². The zero-order chi connectivity index (χ0) is 24.4. The summed E-state index contributed by atoms with van der Waals surface area (Å²) in [5.41, 5.74) is 1.47. The van der Waals surface area contributed by atoms with Gasteiger partial charge in [-0.25, -0.2) is 14.6 Å². The second kappa shape index (κ2) is 12.5. The largest absolute Gasteiger partial charge is 0.492 e. The van der Waals surface area contributed by atoms with Crippen molar-refractivity contribution in [3.63, 3.8) is 0 Å². The van der Waals surface area contributed by atoms with E-state index in [1.165, 1.54) is 10.5 Å². The van der Waals surface area contributed by atoms with E-state index < -0.39 is 11.9 Å². The van der Waals surface area contributed by atoms with E-state index in [9.17, 15) is 0 Å². The number of aromatic nitrogens is 2. The average Bonchev–Trinajstić information content (AvgIpc) is 3.27. The molecule has 7 nitrogen and oxygen atoms in total. The molecule has 1 unspecified atom stereocenters. The van der Waals surface area contributed by atoms with Crippen molar-refractivity contribution in [1.82, 2.24) is 9.55 Å². The van der Waals surface area contributed by atoms with Gasteiger partial charge >= 0.3 is 11.9 Å². The standard InChI is InChI=1S/C22H25BrN2OS.C2H2O4/c1-22(2,3)17-4-8-19(9-5-17)26-15-21(14-25-13-12-24-16-25)27-20-10-6-18(23)7-11-20;3-1(4)2(5)6/h4-13,16,21H,14-15H2,1-3H3;(H,3,4)(H,5,6). The monoisotopic (exact) mass is 534 g/mol. The normalized spacial score (nSPS) is 11.8. The van der Waals surface area contributed by atoms with Crippen LogP contribution < -0.4 is 4.74 Å². The van der Waals surface area contributed by atoms with Crippen LogP contribution in [0, 0.1) is 0 Å². The SMILES string of the molecule is CC(C)(C)c1ccc(OCC(Cn2ccnc2)Sc2ccc(Br)cc2)cc1.O=C(O)C(=O)O. The Morgan fingerprint density at radius 3 is 2.15 bits per heavy atom. The maximum Gasteiger partial charge on any atom is 0.414 e. The van der Waals surface area contributed by atoms with Crippen LogP contribution in [0.15, 0.2) is 76.6 Å². The molecule has 3 aromatic rings. The molecule has 0 amide bonds. The molecule has 0 fully saturated rings. The number of rotatable bonds is 7. The number of nitrogens with zero attached hydrogens (tertiary/aromatic N) is 2. The van der Waals surface area contributed by atoms with Gasteiger partial charge in [0.2, 0.25) is 0 Å². The summed E-state index contributed by atoms with van der Waals surface area (Å²) in [6.07, 6.45) is 5.66. The lowest BCUT2D eigenvalue weighted by molar-refractivity contribution is -0.159. The van der Waals surface area contributed by atoms with Gasteiger partial charge in [-0.3, -0.25) is 0 Å². The average molecular weight is 535 g/mol. The van der Waals surface area contributed by atoms with Crippen LogP contribution in [0.5, 0.6) is 5.75 Å². The Kier molecular flexibility index (Phi) is 9.99. The van der Waals surface area contributed by atoms with Crippen LogP contribution in [0.1, 0.15) is 26.3 Å². The first-order valence-corrected chi connectivity index (χ1v) is 11.8. The van der Waals surface area contributed by atoms with Crippen molar-refractivity contribution in [2.45, 2.75) is 42.9 Å². The van der Waals surface area contributed by atoms with E-state index in [4.69, 9.17) is 24.5 Å². The van der Waals surface area contributed by atoms with E-state index in [0.717, 1.165) is 16.8 Å². The molecule has 9 heteroatoms. The Morgan fingerprint density at radius 1 is 1.06 bits per heavy atom. The number of hydrogen-bond acceptors (Lipinski definition) is 5. The lowest BCUT2D eigenvalue weighted by Gasteiger charge is -2.20. The third-order valence-corrected chi connectivity index (χ3v) is 6.12. The summed E-state index contributed by atoms with van der Waals surface area (Å²) in [6, 6.07) is 16.9. The zero-order valence-corrected chi connectivity index (χ0v) is 21.0. The third kappa shape index (κ3) is 9.71. The molecule has 0 saturated carbocycles. The Labute approximate surface area is 205 Å². The third-order valence-electron chi connectivity index (χ3n) is 4.43. The first-order valence-electron chi connectivity index (χ1n) is 10.1. The van der Waals surface area contributed by atoms with Gasteiger partial charge in [0.25, 0.3) is 0 Å². The summed E-state index contributed by atoms with van der Waals surface area (Å²) < 4.78 is 9.31. The molecule has 0 radical (unpaired) electrons. The predicted octanol–water partition coefficient (Wildman–Crippen LogP) is 5.34. The van der Waals surface area contributed by atoms with Crippen LogP contribution >= 0.6 is 27.7 Å². The van der Waals surface area contributed by atoms with E-state index in [1.807, 2.05) is 30.5 Å². The maximum atomic E-state index is 9.10. The summed E-state index contributed by atoms with van der Waals surface area (Å²) in [7, 11) is 0. The molecule has 0 spiro atoms. The van der Waals surface area contributed by atoms with Gasteiger partial charge in [-0.2, -0.15) is 0 Å². The topological polar surface area (TPSA) is 102 Å². The predicted molar refractivity (Wildman–Crippen MR) is 132 cm³/mol. The van der Waals surface area contributed by atoms with Gasteiger partial charge in [0.1, 0.15) is 12.4 Å². The molecule has 0 saturated heterocycles. The van der Waals surface area contributed by atoms with Crippen molar-refractivity contribution >= 4 is 39.6 Å². The minimum Gasteiger partial charge on any atom is -0.492 e. The van der Waals surface area contributed by atoms with Crippen LogP contribution in [0.25, 0.3) is 0 Å². The number of hydrogen-bond donors (Lipinski definition) is 2.